The molecule has 0 aromatic carbocycles. The maximum absolute atomic E-state index is 11.7. The summed E-state index contributed by atoms with van der Waals surface area (Å²) in [6.07, 6.45) is 1.71. The van der Waals surface area contributed by atoms with Gasteiger partial charge in [-0.25, -0.2) is 0 Å². The van der Waals surface area contributed by atoms with E-state index in [0.717, 1.165) is 5.57 Å². The van der Waals surface area contributed by atoms with Gasteiger partial charge in [0.1, 0.15) is 0 Å². The molecule has 1 aliphatic heterocycles. The molecule has 1 heterocycles. The number of carbonyl (C=O) groups is 2. The molecule has 1 rings (SSSR count). The van der Waals surface area contributed by atoms with Crippen LogP contribution in [0.25, 0.3) is 0 Å². The molecule has 0 aromatic rings. The lowest BCUT2D eigenvalue weighted by atomic mass is 9.93. The highest BCUT2D eigenvalue weighted by molar-refractivity contribution is 6.03. The normalized spacial score (nSPS) is 20.9. The molecule has 0 radical (unpaired) electrons. The Morgan fingerprint density at radius 1 is 1.60 bits per heavy atom. The molecule has 0 amide bonds. The van der Waals surface area contributed by atoms with Crippen LogP contribution in [0.15, 0.2) is 36.1 Å². The fraction of sp³-hybridized carbons (Fsp3) is 0.333. The van der Waals surface area contributed by atoms with Crippen molar-refractivity contribution in [3.05, 3.63) is 36.1 Å². The van der Waals surface area contributed by atoms with Gasteiger partial charge in [0.25, 0.3) is 0 Å². The van der Waals surface area contributed by atoms with E-state index < -0.39 is 6.04 Å². The van der Waals surface area contributed by atoms with Crippen molar-refractivity contribution in [1.29, 1.82) is 0 Å². The predicted molar refractivity (Wildman–Crippen MR) is 61.4 cm³/mol. The van der Waals surface area contributed by atoms with Gasteiger partial charge in [0.2, 0.25) is 0 Å². The maximum Gasteiger partial charge on any atom is 0.167 e. The highest BCUT2D eigenvalue weighted by Gasteiger charge is 2.27. The number of Topliss-reactive ketones (excluding diaryl/α,β-unsaturated/α-hetero) is 2. The summed E-state index contributed by atoms with van der Waals surface area (Å²) in [5.74, 6) is -0.0906. The van der Waals surface area contributed by atoms with Crippen LogP contribution in [0.2, 0.25) is 0 Å². The quantitative estimate of drug-likeness (QED) is 0.767. The van der Waals surface area contributed by atoms with Gasteiger partial charge in [0, 0.05) is 19.1 Å². The molecule has 0 saturated carbocycles. The van der Waals surface area contributed by atoms with Crippen LogP contribution in [0, 0.1) is 0 Å². The van der Waals surface area contributed by atoms with Gasteiger partial charge in [-0.2, -0.15) is 0 Å². The summed E-state index contributed by atoms with van der Waals surface area (Å²) in [5.41, 5.74) is 1.91. The highest BCUT2D eigenvalue weighted by atomic mass is 16.1. The van der Waals surface area contributed by atoms with E-state index in [2.05, 4.69) is 18.5 Å². The van der Waals surface area contributed by atoms with Crippen molar-refractivity contribution in [3.8, 4) is 0 Å². The Morgan fingerprint density at radius 2 is 2.20 bits per heavy atom. The average Bonchev–Trinajstić information content (AvgIpc) is 2.16. The van der Waals surface area contributed by atoms with Gasteiger partial charge >= 0.3 is 0 Å². The van der Waals surface area contributed by atoms with Crippen molar-refractivity contribution in [1.82, 2.24) is 5.32 Å². The standard InChI is InChI=1S/C12H15NO2.H2/c1-5-9-11(15)6-10(8(4)14)13-12(9)7(2)3;/h5,10,13H,1-2,6H2,3-4H3;1H. The lowest BCUT2D eigenvalue weighted by Crippen LogP contribution is -2.41. The number of ketones is 2. The number of allylic oxidation sites excluding steroid dienone is 3. The second-order valence-electron chi connectivity index (χ2n) is 3.71. The Bertz CT molecular complexity index is 382. The molecule has 0 aromatic heterocycles. The van der Waals surface area contributed by atoms with Crippen LogP contribution in [-0.2, 0) is 9.59 Å². The van der Waals surface area contributed by atoms with E-state index in [1.807, 2.05) is 0 Å². The number of rotatable bonds is 3. The molecule has 1 atom stereocenters. The maximum atomic E-state index is 11.7. The molecular weight excluding hydrogens is 190 g/mol. The molecule has 15 heavy (non-hydrogen) atoms. The Hall–Kier alpha value is -1.64. The lowest BCUT2D eigenvalue weighted by molar-refractivity contribution is -0.123. The van der Waals surface area contributed by atoms with Gasteiger partial charge in [-0.1, -0.05) is 19.2 Å². The molecule has 0 aliphatic carbocycles. The van der Waals surface area contributed by atoms with Crippen LogP contribution < -0.4 is 5.32 Å². The average molecular weight is 207 g/mol. The summed E-state index contributed by atoms with van der Waals surface area (Å²) in [6.45, 7) is 10.6. The minimum Gasteiger partial charge on any atom is -0.374 e. The lowest BCUT2D eigenvalue weighted by Gasteiger charge is -2.26. The molecular formula is C12H17NO2. The fourth-order valence-corrected chi connectivity index (χ4v) is 1.55. The zero-order valence-corrected chi connectivity index (χ0v) is 9.09. The van der Waals surface area contributed by atoms with Crippen LogP contribution in [0.1, 0.15) is 21.7 Å². The Morgan fingerprint density at radius 3 is 2.60 bits per heavy atom. The van der Waals surface area contributed by atoms with Crippen LogP contribution in [0.3, 0.4) is 0 Å². The third-order valence-electron chi connectivity index (χ3n) is 2.40. The van der Waals surface area contributed by atoms with Crippen LogP contribution in [0.5, 0.6) is 0 Å². The Kier molecular flexibility index (Phi) is 3.24. The van der Waals surface area contributed by atoms with Gasteiger partial charge in [-0.05, 0) is 19.4 Å². The molecule has 1 N–H and O–H groups in total. The van der Waals surface area contributed by atoms with Crippen LogP contribution in [-0.4, -0.2) is 17.6 Å². The summed E-state index contributed by atoms with van der Waals surface area (Å²) in [5, 5.41) is 3.02. The molecule has 0 saturated heterocycles. The monoisotopic (exact) mass is 207 g/mol. The van der Waals surface area contributed by atoms with E-state index in [1.165, 1.54) is 13.0 Å². The van der Waals surface area contributed by atoms with Gasteiger partial charge < -0.3 is 5.32 Å². The molecule has 3 heteroatoms. The molecule has 1 unspecified atom stereocenters. The first-order chi connectivity index (χ1) is 6.97. The Labute approximate surface area is 91.0 Å². The highest BCUT2D eigenvalue weighted by Crippen LogP contribution is 2.20. The van der Waals surface area contributed by atoms with E-state index in [-0.39, 0.29) is 19.4 Å². The molecule has 0 fully saturated rings. The van der Waals surface area contributed by atoms with Crippen molar-refractivity contribution >= 4 is 11.6 Å². The first-order valence-electron chi connectivity index (χ1n) is 4.80. The first kappa shape index (κ1) is 11.4. The van der Waals surface area contributed by atoms with E-state index in [4.69, 9.17) is 0 Å². The number of hydrogen-bond acceptors (Lipinski definition) is 3. The van der Waals surface area contributed by atoms with Crippen molar-refractivity contribution in [3.63, 3.8) is 0 Å². The summed E-state index contributed by atoms with van der Waals surface area (Å²) in [6, 6.07) is -0.423. The van der Waals surface area contributed by atoms with Crippen molar-refractivity contribution in [2.24, 2.45) is 0 Å². The fourth-order valence-electron chi connectivity index (χ4n) is 1.55. The van der Waals surface area contributed by atoms with Crippen LogP contribution in [0.4, 0.5) is 0 Å². The zero-order valence-electron chi connectivity index (χ0n) is 9.09. The van der Waals surface area contributed by atoms with E-state index in [0.29, 0.717) is 11.3 Å². The summed E-state index contributed by atoms with van der Waals surface area (Å²) < 4.78 is 0. The molecule has 1 aliphatic rings. The number of hydrogen-bond donors (Lipinski definition) is 1. The smallest absolute Gasteiger partial charge is 0.167 e. The van der Waals surface area contributed by atoms with E-state index >= 15 is 0 Å². The summed E-state index contributed by atoms with van der Waals surface area (Å²) >= 11 is 0. The minimum atomic E-state index is -0.423. The number of carbonyl (C=O) groups excluding carboxylic acids is 2. The topological polar surface area (TPSA) is 46.2 Å². The number of nitrogens with one attached hydrogen (secondary N) is 1. The van der Waals surface area contributed by atoms with Crippen molar-refractivity contribution in [2.75, 3.05) is 0 Å². The summed E-state index contributed by atoms with van der Waals surface area (Å²) in [7, 11) is 0. The van der Waals surface area contributed by atoms with Gasteiger partial charge in [0.05, 0.1) is 6.04 Å². The second-order valence-corrected chi connectivity index (χ2v) is 3.71. The molecule has 3 nitrogen and oxygen atoms in total. The third-order valence-corrected chi connectivity index (χ3v) is 2.40. The van der Waals surface area contributed by atoms with Gasteiger partial charge in [0.15, 0.2) is 11.6 Å². The predicted octanol–water partition coefficient (Wildman–Crippen LogP) is 1.77. The molecule has 82 valence electrons. The second kappa shape index (κ2) is 4.26. The van der Waals surface area contributed by atoms with Gasteiger partial charge in [-0.15, -0.1) is 0 Å². The molecule has 0 spiro atoms. The summed E-state index contributed by atoms with van der Waals surface area (Å²) in [4.78, 5) is 22.9. The van der Waals surface area contributed by atoms with E-state index in [9.17, 15) is 9.59 Å². The minimum absolute atomic E-state index is 0. The van der Waals surface area contributed by atoms with E-state index in [1.54, 1.807) is 6.92 Å². The Balaban J connectivity index is 0.00000225. The van der Waals surface area contributed by atoms with Gasteiger partial charge in [-0.3, -0.25) is 9.59 Å². The van der Waals surface area contributed by atoms with Crippen molar-refractivity contribution in [2.45, 2.75) is 26.3 Å². The van der Waals surface area contributed by atoms with Crippen molar-refractivity contribution < 1.29 is 11.0 Å². The van der Waals surface area contributed by atoms with Crippen LogP contribution >= 0.6 is 0 Å². The SMILES string of the molecule is C=CC1=C(C(=C)C)NC(C(C)=O)CC1=O.[HH]. The largest absolute Gasteiger partial charge is 0.374 e. The zero-order chi connectivity index (χ0) is 11.6. The first-order valence-corrected chi connectivity index (χ1v) is 4.80. The molecule has 0 bridgehead atoms. The third kappa shape index (κ3) is 2.24.